The summed E-state index contributed by atoms with van der Waals surface area (Å²) in [6.45, 7) is 0. The first kappa shape index (κ1) is 11.7. The van der Waals surface area contributed by atoms with Crippen LogP contribution < -0.4 is 5.32 Å². The lowest BCUT2D eigenvalue weighted by Gasteiger charge is -2.13. The van der Waals surface area contributed by atoms with Gasteiger partial charge in [-0.3, -0.25) is 0 Å². The van der Waals surface area contributed by atoms with Crippen molar-refractivity contribution in [3.05, 3.63) is 53.5 Å². The van der Waals surface area contributed by atoms with Crippen molar-refractivity contribution in [2.45, 2.75) is 43.6 Å². The molecule has 2 fully saturated rings. The van der Waals surface area contributed by atoms with Gasteiger partial charge < -0.3 is 5.32 Å². The molecule has 3 aliphatic carbocycles. The Morgan fingerprint density at radius 2 is 1.95 bits per heavy atom. The first-order chi connectivity index (χ1) is 10.4. The molecule has 21 heavy (non-hydrogen) atoms. The molecule has 0 spiro atoms. The van der Waals surface area contributed by atoms with Gasteiger partial charge in [-0.2, -0.15) is 0 Å². The molecular weight excluding hydrogens is 258 g/mol. The van der Waals surface area contributed by atoms with E-state index in [4.69, 9.17) is 4.98 Å². The van der Waals surface area contributed by atoms with E-state index in [1.54, 1.807) is 11.1 Å². The quantitative estimate of drug-likeness (QED) is 0.933. The zero-order chi connectivity index (χ0) is 13.8. The molecule has 3 unspecified atom stereocenters. The Labute approximate surface area is 124 Å². The maximum absolute atomic E-state index is 4.71. The van der Waals surface area contributed by atoms with E-state index in [0.717, 1.165) is 17.6 Å². The summed E-state index contributed by atoms with van der Waals surface area (Å²) < 4.78 is 0. The minimum atomic E-state index is 0.565. The number of hydrogen-bond donors (Lipinski definition) is 1. The Hall–Kier alpha value is -1.90. The highest BCUT2D eigenvalue weighted by molar-refractivity contribution is 5.47. The zero-order valence-electron chi connectivity index (χ0n) is 12.0. The molecule has 3 heteroatoms. The molecule has 1 aromatic carbocycles. The second-order valence-corrected chi connectivity index (χ2v) is 6.67. The van der Waals surface area contributed by atoms with Crippen molar-refractivity contribution in [3.8, 4) is 0 Å². The van der Waals surface area contributed by atoms with E-state index < -0.39 is 0 Å². The molecule has 0 amide bonds. The van der Waals surface area contributed by atoms with Crippen molar-refractivity contribution in [1.29, 1.82) is 0 Å². The van der Waals surface area contributed by atoms with Gasteiger partial charge in [0.2, 0.25) is 0 Å². The van der Waals surface area contributed by atoms with Crippen LogP contribution in [-0.4, -0.2) is 16.0 Å². The number of aromatic nitrogens is 2. The molecule has 1 aromatic heterocycles. The van der Waals surface area contributed by atoms with Crippen LogP contribution in [-0.2, 0) is 6.42 Å². The molecule has 3 atom stereocenters. The predicted molar refractivity (Wildman–Crippen MR) is 82.4 cm³/mol. The van der Waals surface area contributed by atoms with Crippen LogP contribution in [0, 0.1) is 5.92 Å². The Bertz CT molecular complexity index is 692. The van der Waals surface area contributed by atoms with Crippen LogP contribution in [0.15, 0.2) is 36.5 Å². The van der Waals surface area contributed by atoms with Crippen LogP contribution in [0.3, 0.4) is 0 Å². The van der Waals surface area contributed by atoms with Crippen molar-refractivity contribution in [3.63, 3.8) is 0 Å². The maximum Gasteiger partial charge on any atom is 0.133 e. The van der Waals surface area contributed by atoms with Gasteiger partial charge in [0.05, 0.1) is 0 Å². The van der Waals surface area contributed by atoms with Gasteiger partial charge in [-0.15, -0.1) is 0 Å². The summed E-state index contributed by atoms with van der Waals surface area (Å²) in [6, 6.07) is 11.5. The Kier molecular flexibility index (Phi) is 2.40. The number of anilines is 1. The van der Waals surface area contributed by atoms with Crippen LogP contribution in [0.25, 0.3) is 0 Å². The number of fused-ring (bicyclic) bond motifs is 3. The van der Waals surface area contributed by atoms with Gasteiger partial charge in [-0.05, 0) is 48.8 Å². The number of benzene rings is 1. The van der Waals surface area contributed by atoms with Crippen molar-refractivity contribution < 1.29 is 0 Å². The lowest BCUT2D eigenvalue weighted by Crippen LogP contribution is -2.08. The number of nitrogens with zero attached hydrogens (tertiary/aromatic N) is 2. The molecule has 0 radical (unpaired) electrons. The number of nitrogens with one attached hydrogen (secondary N) is 1. The molecular formula is C18H19N3. The van der Waals surface area contributed by atoms with E-state index in [2.05, 4.69) is 34.6 Å². The van der Waals surface area contributed by atoms with E-state index in [0.29, 0.717) is 17.9 Å². The molecule has 2 aromatic rings. The van der Waals surface area contributed by atoms with Gasteiger partial charge in [-0.1, -0.05) is 24.3 Å². The van der Waals surface area contributed by atoms with Crippen molar-refractivity contribution >= 4 is 5.82 Å². The summed E-state index contributed by atoms with van der Waals surface area (Å²) in [5.74, 6) is 4.15. The van der Waals surface area contributed by atoms with Crippen LogP contribution in [0.1, 0.15) is 48.0 Å². The van der Waals surface area contributed by atoms with Crippen LogP contribution in [0.5, 0.6) is 0 Å². The third-order valence-electron chi connectivity index (χ3n) is 5.26. The average molecular weight is 277 g/mol. The van der Waals surface area contributed by atoms with Crippen molar-refractivity contribution in [2.75, 3.05) is 5.32 Å². The molecule has 5 rings (SSSR count). The molecule has 1 N–H and O–H groups in total. The van der Waals surface area contributed by atoms with E-state index in [-0.39, 0.29) is 0 Å². The van der Waals surface area contributed by atoms with Crippen LogP contribution >= 0.6 is 0 Å². The number of aryl methyl sites for hydroxylation is 1. The molecule has 2 saturated carbocycles. The molecule has 106 valence electrons. The highest BCUT2D eigenvalue weighted by atomic mass is 15.1. The molecule has 3 nitrogen and oxygen atoms in total. The summed E-state index contributed by atoms with van der Waals surface area (Å²) in [7, 11) is 0. The Morgan fingerprint density at radius 1 is 1.05 bits per heavy atom. The minimum absolute atomic E-state index is 0.565. The molecule has 0 saturated heterocycles. The van der Waals surface area contributed by atoms with Gasteiger partial charge in [0.15, 0.2) is 0 Å². The molecule has 0 aliphatic heterocycles. The third kappa shape index (κ3) is 1.95. The smallest absolute Gasteiger partial charge is 0.133 e. The lowest BCUT2D eigenvalue weighted by atomic mass is 9.92. The third-order valence-corrected chi connectivity index (χ3v) is 5.26. The standard InChI is InChI=1S/C18H19N3/c1-2-4-13-11(3-1)7-8-14-16(13)17(14)20-15-9-10-19-18(21-15)12-5-6-12/h1-4,9-10,12,14,16-17H,5-8H2,(H,19,20,21). The van der Waals surface area contributed by atoms with Gasteiger partial charge in [0.1, 0.15) is 11.6 Å². The second kappa shape index (κ2) is 4.30. The Balaban J connectivity index is 1.38. The summed E-state index contributed by atoms with van der Waals surface area (Å²) in [4.78, 5) is 9.11. The van der Waals surface area contributed by atoms with E-state index in [1.165, 1.54) is 25.7 Å². The highest BCUT2D eigenvalue weighted by Crippen LogP contribution is 2.55. The summed E-state index contributed by atoms with van der Waals surface area (Å²) in [5, 5.41) is 3.67. The highest BCUT2D eigenvalue weighted by Gasteiger charge is 2.53. The normalized spacial score (nSPS) is 29.4. The topological polar surface area (TPSA) is 37.8 Å². The fourth-order valence-electron chi connectivity index (χ4n) is 3.93. The second-order valence-electron chi connectivity index (χ2n) is 6.67. The largest absolute Gasteiger partial charge is 0.366 e. The number of rotatable bonds is 3. The van der Waals surface area contributed by atoms with Crippen molar-refractivity contribution in [2.24, 2.45) is 5.92 Å². The average Bonchev–Trinajstić information content (AvgIpc) is 3.43. The molecule has 0 bridgehead atoms. The first-order valence-corrected chi connectivity index (χ1v) is 8.07. The van der Waals surface area contributed by atoms with Crippen molar-refractivity contribution in [1.82, 2.24) is 9.97 Å². The first-order valence-electron chi connectivity index (χ1n) is 8.07. The van der Waals surface area contributed by atoms with Gasteiger partial charge in [-0.25, -0.2) is 9.97 Å². The Morgan fingerprint density at radius 3 is 2.86 bits per heavy atom. The van der Waals surface area contributed by atoms with Gasteiger partial charge in [0.25, 0.3) is 0 Å². The van der Waals surface area contributed by atoms with Gasteiger partial charge in [0, 0.05) is 24.1 Å². The van der Waals surface area contributed by atoms with E-state index >= 15 is 0 Å². The lowest BCUT2D eigenvalue weighted by molar-refractivity contribution is 0.661. The summed E-state index contributed by atoms with van der Waals surface area (Å²) >= 11 is 0. The van der Waals surface area contributed by atoms with Gasteiger partial charge >= 0.3 is 0 Å². The summed E-state index contributed by atoms with van der Waals surface area (Å²) in [6.07, 6.45) is 6.95. The van der Waals surface area contributed by atoms with Crippen LogP contribution in [0.4, 0.5) is 5.82 Å². The zero-order valence-corrected chi connectivity index (χ0v) is 12.0. The molecule has 1 heterocycles. The van der Waals surface area contributed by atoms with E-state index in [1.807, 2.05) is 12.3 Å². The molecule has 3 aliphatic rings. The fourth-order valence-corrected chi connectivity index (χ4v) is 3.93. The predicted octanol–water partition coefficient (Wildman–Crippen LogP) is 3.49. The number of hydrogen-bond acceptors (Lipinski definition) is 3. The monoisotopic (exact) mass is 277 g/mol. The summed E-state index contributed by atoms with van der Waals surface area (Å²) in [5.41, 5.74) is 3.10. The SMILES string of the molecule is c1ccc2c(c1)CCC1C(Nc3ccnc(C4CC4)n3)C21. The van der Waals surface area contributed by atoms with Crippen LogP contribution in [0.2, 0.25) is 0 Å². The fraction of sp³-hybridized carbons (Fsp3) is 0.444. The minimum Gasteiger partial charge on any atom is -0.366 e. The van der Waals surface area contributed by atoms with E-state index in [9.17, 15) is 0 Å². The maximum atomic E-state index is 4.71.